The summed E-state index contributed by atoms with van der Waals surface area (Å²) in [6.45, 7) is -0.346. The van der Waals surface area contributed by atoms with Gasteiger partial charge in [0.1, 0.15) is 6.54 Å². The number of carbonyl (C=O) groups excluding carboxylic acids is 3. The maximum Gasteiger partial charge on any atom is 0.269 e. The average Bonchev–Trinajstić information content (AvgIpc) is 2.81. The van der Waals surface area contributed by atoms with Crippen LogP contribution in [0.25, 0.3) is 0 Å². The molecule has 3 rings (SSSR count). The van der Waals surface area contributed by atoms with E-state index < -0.39 is 10.8 Å². The van der Waals surface area contributed by atoms with Gasteiger partial charge < -0.3 is 5.32 Å². The largest absolute Gasteiger partial charge is 0.325 e. The topological polar surface area (TPSA) is 110 Å². The lowest BCUT2D eigenvalue weighted by Gasteiger charge is -2.14. The fourth-order valence-corrected chi connectivity index (χ4v) is 3.04. The predicted octanol–water partition coefficient (Wildman–Crippen LogP) is 1.48. The third-order valence-electron chi connectivity index (χ3n) is 4.26. The molecule has 2 atom stereocenters. The maximum atomic E-state index is 12.3. The molecule has 1 fully saturated rings. The van der Waals surface area contributed by atoms with E-state index in [1.165, 1.54) is 24.3 Å². The smallest absolute Gasteiger partial charge is 0.269 e. The Morgan fingerprint density at radius 1 is 1.12 bits per heavy atom. The number of nitrogens with zero attached hydrogens (tertiary/aromatic N) is 2. The van der Waals surface area contributed by atoms with Crippen molar-refractivity contribution >= 4 is 29.1 Å². The molecule has 1 N–H and O–H groups in total. The lowest BCUT2D eigenvalue weighted by Crippen LogP contribution is -2.38. The molecular weight excluding hydrogens is 314 g/mol. The molecule has 1 heterocycles. The normalized spacial score (nSPS) is 22.4. The zero-order valence-corrected chi connectivity index (χ0v) is 12.7. The number of nitro groups is 1. The van der Waals surface area contributed by atoms with Gasteiger partial charge in [0.05, 0.1) is 16.8 Å². The van der Waals surface area contributed by atoms with Gasteiger partial charge in [-0.05, 0) is 25.0 Å². The van der Waals surface area contributed by atoms with Crippen molar-refractivity contribution in [3.8, 4) is 0 Å². The molecular formula is C16H15N3O5. The molecule has 1 saturated heterocycles. The molecule has 1 aliphatic heterocycles. The summed E-state index contributed by atoms with van der Waals surface area (Å²) in [4.78, 5) is 47.7. The minimum Gasteiger partial charge on any atom is -0.325 e. The number of rotatable bonds is 4. The van der Waals surface area contributed by atoms with Crippen molar-refractivity contribution in [1.29, 1.82) is 0 Å². The number of carbonyl (C=O) groups is 3. The number of imide groups is 1. The molecule has 124 valence electrons. The standard InChI is InChI=1S/C16H15N3O5/c20-14(17-10-5-7-11(8-6-10)19(23)24)9-18-15(21)12-3-1-2-4-13(12)16(18)22/h1-2,5-8,12-13H,3-4,9H2,(H,17,20)/t12-,13-/m1/s1. The second-order valence-electron chi connectivity index (χ2n) is 5.77. The first-order chi connectivity index (χ1) is 11.5. The number of allylic oxidation sites excluding steroid dienone is 2. The van der Waals surface area contributed by atoms with Crippen LogP contribution in [0.3, 0.4) is 0 Å². The van der Waals surface area contributed by atoms with E-state index >= 15 is 0 Å². The number of likely N-dealkylation sites (tertiary alicyclic amines) is 1. The fourth-order valence-electron chi connectivity index (χ4n) is 3.04. The number of amides is 3. The number of nitrogens with one attached hydrogen (secondary N) is 1. The van der Waals surface area contributed by atoms with Crippen LogP contribution < -0.4 is 5.32 Å². The SMILES string of the molecule is O=C(CN1C(=O)[C@@H]2CC=CC[C@H]2C1=O)Nc1ccc([N+](=O)[O-])cc1. The first-order valence-corrected chi connectivity index (χ1v) is 7.52. The van der Waals surface area contributed by atoms with Crippen molar-refractivity contribution in [2.45, 2.75) is 12.8 Å². The third-order valence-corrected chi connectivity index (χ3v) is 4.26. The number of benzene rings is 1. The highest BCUT2D eigenvalue weighted by Crippen LogP contribution is 2.34. The summed E-state index contributed by atoms with van der Waals surface area (Å²) in [5.74, 6) is -1.87. The Bertz CT molecular complexity index is 715. The molecule has 0 saturated carbocycles. The average molecular weight is 329 g/mol. The number of fused-ring (bicyclic) bond motifs is 1. The van der Waals surface area contributed by atoms with E-state index in [9.17, 15) is 24.5 Å². The molecule has 8 nitrogen and oxygen atoms in total. The molecule has 2 aliphatic rings. The van der Waals surface area contributed by atoms with Gasteiger partial charge in [-0.3, -0.25) is 29.4 Å². The van der Waals surface area contributed by atoms with Crippen LogP contribution in [-0.2, 0) is 14.4 Å². The van der Waals surface area contributed by atoms with Crippen LogP contribution in [-0.4, -0.2) is 34.1 Å². The van der Waals surface area contributed by atoms with Gasteiger partial charge in [-0.25, -0.2) is 0 Å². The van der Waals surface area contributed by atoms with Crippen LogP contribution in [0, 0.1) is 22.0 Å². The number of hydrogen-bond acceptors (Lipinski definition) is 5. The number of non-ortho nitro benzene ring substituents is 1. The molecule has 1 aliphatic carbocycles. The van der Waals surface area contributed by atoms with E-state index in [4.69, 9.17) is 0 Å². The zero-order chi connectivity index (χ0) is 17.3. The minimum atomic E-state index is -0.539. The Morgan fingerprint density at radius 2 is 1.67 bits per heavy atom. The highest BCUT2D eigenvalue weighted by molar-refractivity contribution is 6.08. The maximum absolute atomic E-state index is 12.3. The van der Waals surface area contributed by atoms with Crippen LogP contribution in [0.2, 0.25) is 0 Å². The highest BCUT2D eigenvalue weighted by atomic mass is 16.6. The number of nitro benzene ring substituents is 1. The molecule has 3 amide bonds. The Hall–Kier alpha value is -3.03. The van der Waals surface area contributed by atoms with Gasteiger partial charge in [0.25, 0.3) is 5.69 Å². The van der Waals surface area contributed by atoms with Gasteiger partial charge in [0, 0.05) is 17.8 Å². The zero-order valence-electron chi connectivity index (χ0n) is 12.7. The van der Waals surface area contributed by atoms with Gasteiger partial charge in [-0.2, -0.15) is 0 Å². The van der Waals surface area contributed by atoms with Gasteiger partial charge in [0.2, 0.25) is 17.7 Å². The molecule has 8 heteroatoms. The predicted molar refractivity (Wildman–Crippen MR) is 83.8 cm³/mol. The fraction of sp³-hybridized carbons (Fsp3) is 0.312. The molecule has 0 radical (unpaired) electrons. The van der Waals surface area contributed by atoms with E-state index in [1.807, 2.05) is 12.2 Å². The lowest BCUT2D eigenvalue weighted by molar-refractivity contribution is -0.384. The molecule has 24 heavy (non-hydrogen) atoms. The summed E-state index contributed by atoms with van der Waals surface area (Å²) in [6, 6.07) is 5.32. The molecule has 0 unspecified atom stereocenters. The Labute approximate surface area is 137 Å². The Kier molecular flexibility index (Phi) is 4.11. The van der Waals surface area contributed by atoms with Gasteiger partial charge in [-0.1, -0.05) is 12.2 Å². The van der Waals surface area contributed by atoms with E-state index in [2.05, 4.69) is 5.32 Å². The molecule has 0 bridgehead atoms. The first-order valence-electron chi connectivity index (χ1n) is 7.52. The van der Waals surface area contributed by atoms with Crippen LogP contribution in [0.5, 0.6) is 0 Å². The van der Waals surface area contributed by atoms with Gasteiger partial charge in [0.15, 0.2) is 0 Å². The van der Waals surface area contributed by atoms with E-state index in [-0.39, 0.29) is 35.9 Å². The van der Waals surface area contributed by atoms with Crippen molar-refractivity contribution in [3.05, 3.63) is 46.5 Å². The van der Waals surface area contributed by atoms with E-state index in [1.54, 1.807) is 0 Å². The quantitative estimate of drug-likeness (QED) is 0.389. The second-order valence-corrected chi connectivity index (χ2v) is 5.77. The highest BCUT2D eigenvalue weighted by Gasteiger charge is 2.47. The summed E-state index contributed by atoms with van der Waals surface area (Å²) in [5, 5.41) is 13.1. The summed E-state index contributed by atoms with van der Waals surface area (Å²) in [7, 11) is 0. The van der Waals surface area contributed by atoms with Crippen molar-refractivity contribution in [2.75, 3.05) is 11.9 Å². The summed E-state index contributed by atoms with van der Waals surface area (Å²) < 4.78 is 0. The van der Waals surface area contributed by atoms with Crippen molar-refractivity contribution in [2.24, 2.45) is 11.8 Å². The lowest BCUT2D eigenvalue weighted by atomic mass is 9.85. The van der Waals surface area contributed by atoms with Crippen molar-refractivity contribution < 1.29 is 19.3 Å². The van der Waals surface area contributed by atoms with Crippen LogP contribution >= 0.6 is 0 Å². The van der Waals surface area contributed by atoms with Crippen molar-refractivity contribution in [3.63, 3.8) is 0 Å². The van der Waals surface area contributed by atoms with Crippen LogP contribution in [0.4, 0.5) is 11.4 Å². The second kappa shape index (κ2) is 6.23. The van der Waals surface area contributed by atoms with Gasteiger partial charge in [-0.15, -0.1) is 0 Å². The molecule has 0 spiro atoms. The van der Waals surface area contributed by atoms with Crippen LogP contribution in [0.15, 0.2) is 36.4 Å². The molecule has 1 aromatic carbocycles. The Balaban J connectivity index is 1.63. The number of anilines is 1. The van der Waals surface area contributed by atoms with E-state index in [0.717, 1.165) is 4.90 Å². The third kappa shape index (κ3) is 2.90. The number of hydrogen-bond donors (Lipinski definition) is 1. The summed E-state index contributed by atoms with van der Waals surface area (Å²) >= 11 is 0. The van der Waals surface area contributed by atoms with Crippen LogP contribution in [0.1, 0.15) is 12.8 Å². The van der Waals surface area contributed by atoms with Gasteiger partial charge >= 0.3 is 0 Å². The molecule has 0 aromatic heterocycles. The Morgan fingerprint density at radius 3 is 2.17 bits per heavy atom. The minimum absolute atomic E-state index is 0.0885. The summed E-state index contributed by atoms with van der Waals surface area (Å²) in [5.41, 5.74) is 0.276. The van der Waals surface area contributed by atoms with Crippen molar-refractivity contribution in [1.82, 2.24) is 4.90 Å². The van der Waals surface area contributed by atoms with E-state index in [0.29, 0.717) is 18.5 Å². The summed E-state index contributed by atoms with van der Waals surface area (Å²) in [6.07, 6.45) is 4.81. The monoisotopic (exact) mass is 329 g/mol. The first kappa shape index (κ1) is 15.9. The molecule has 1 aromatic rings.